The minimum atomic E-state index is -4.21. The maximum Gasteiger partial charge on any atom is 0.183 e. The maximum atomic E-state index is 19.6. The van der Waals surface area contributed by atoms with E-state index in [1.165, 1.54) is 0 Å². The minimum absolute atomic E-state index is 0.680. The fourth-order valence-corrected chi connectivity index (χ4v) is 22.5. The molecule has 8 nitrogen and oxygen atoms in total. The number of anilines is 18. The number of benzene rings is 13. The molecule has 0 aliphatic carbocycles. The second-order valence-corrected chi connectivity index (χ2v) is 28.2. The molecule has 0 saturated carbocycles. The highest BCUT2D eigenvalue weighted by molar-refractivity contribution is 7.88. The molecule has 19 rings (SSSR count). The van der Waals surface area contributed by atoms with Crippen LogP contribution in [0.25, 0.3) is 22.3 Å². The van der Waals surface area contributed by atoms with Gasteiger partial charge in [0.05, 0.1) is 100 Å². The quantitative estimate of drug-likeness (QED) is 0.140. The molecule has 0 fully saturated rings. The highest BCUT2D eigenvalue weighted by Gasteiger charge is 2.63. The van der Waals surface area contributed by atoms with Gasteiger partial charge in [-0.05, 0) is 144 Å². The Morgan fingerprint density at radius 1 is 0.182 bits per heavy atom. The molecule has 0 N–H and O–H groups in total. The first-order valence-corrected chi connectivity index (χ1v) is 33.2. The summed E-state index contributed by atoms with van der Waals surface area (Å²) >= 11 is 0. The van der Waals surface area contributed by atoms with Crippen molar-refractivity contribution in [2.24, 2.45) is 0 Å². The molecule has 6 aliphatic heterocycles. The largest absolute Gasteiger partial charge is 0.309 e. The normalized spacial score (nSPS) is 15.0. The van der Waals surface area contributed by atoms with E-state index in [0.717, 1.165) is 146 Å². The third kappa shape index (κ3) is 6.44. The van der Waals surface area contributed by atoms with Crippen LogP contribution in [0.5, 0.6) is 0 Å². The molecule has 0 bridgehead atoms. The molecule has 0 saturated heterocycles. The van der Waals surface area contributed by atoms with Crippen LogP contribution in [0.2, 0.25) is 0 Å². The van der Waals surface area contributed by atoms with Crippen LogP contribution in [0.3, 0.4) is 0 Å². The van der Waals surface area contributed by atoms with E-state index in [1.807, 2.05) is 6.07 Å². The van der Waals surface area contributed by atoms with Crippen molar-refractivity contribution in [3.63, 3.8) is 0 Å². The van der Waals surface area contributed by atoms with Gasteiger partial charge in [0.2, 0.25) is 0 Å². The van der Waals surface area contributed by atoms with Gasteiger partial charge in [0.25, 0.3) is 0 Å². The van der Waals surface area contributed by atoms with Crippen molar-refractivity contribution in [2.75, 3.05) is 29.4 Å². The molecular formula is C78H50N6O2P2. The molecule has 0 atom stereocenters. The first-order chi connectivity index (χ1) is 43.5. The number of fused-ring (bicyclic) bond motifs is 2. The summed E-state index contributed by atoms with van der Waals surface area (Å²) in [5.41, 5.74) is 18.8. The third-order valence-electron chi connectivity index (χ3n) is 18.5. The highest BCUT2D eigenvalue weighted by Crippen LogP contribution is 2.75. The van der Waals surface area contributed by atoms with Gasteiger partial charge in [-0.15, -0.1) is 0 Å². The van der Waals surface area contributed by atoms with E-state index < -0.39 is 14.3 Å². The molecule has 88 heavy (non-hydrogen) atoms. The van der Waals surface area contributed by atoms with Crippen molar-refractivity contribution in [1.29, 1.82) is 0 Å². The van der Waals surface area contributed by atoms with Gasteiger partial charge < -0.3 is 38.5 Å². The maximum absolute atomic E-state index is 19.6. The van der Waals surface area contributed by atoms with Crippen LogP contribution in [-0.4, -0.2) is 0 Å². The molecular weight excluding hydrogens is 1110 g/mol. The van der Waals surface area contributed by atoms with Gasteiger partial charge in [-0.3, -0.25) is 0 Å². The van der Waals surface area contributed by atoms with E-state index in [-0.39, 0.29) is 0 Å². The average molecular weight is 1170 g/mol. The zero-order valence-corrected chi connectivity index (χ0v) is 49.1. The molecule has 0 unspecified atom stereocenters. The van der Waals surface area contributed by atoms with Gasteiger partial charge in [0.1, 0.15) is 0 Å². The van der Waals surface area contributed by atoms with Crippen molar-refractivity contribution in [3.8, 4) is 22.3 Å². The van der Waals surface area contributed by atoms with E-state index in [9.17, 15) is 0 Å². The van der Waals surface area contributed by atoms with E-state index in [1.54, 1.807) is 0 Å². The predicted octanol–water partition coefficient (Wildman–Crippen LogP) is 19.0. The zero-order valence-electron chi connectivity index (χ0n) is 47.3. The van der Waals surface area contributed by atoms with Crippen LogP contribution >= 0.6 is 14.3 Å². The van der Waals surface area contributed by atoms with Crippen LogP contribution in [0.1, 0.15) is 0 Å². The zero-order chi connectivity index (χ0) is 58.0. The number of para-hydroxylation sites is 6. The number of nitrogens with zero attached hydrogens (tertiary/aromatic N) is 6. The fraction of sp³-hybridized carbons (Fsp3) is 0. The van der Waals surface area contributed by atoms with Crippen LogP contribution in [0, 0.1) is 0 Å². The Morgan fingerprint density at radius 3 is 0.670 bits per heavy atom. The summed E-state index contributed by atoms with van der Waals surface area (Å²) in [6, 6.07) is 106. The second-order valence-electron chi connectivity index (χ2n) is 23.1. The third-order valence-corrected chi connectivity index (χ3v) is 24.9. The molecule has 0 radical (unpaired) electrons. The van der Waals surface area contributed by atoms with E-state index >= 15 is 9.13 Å². The number of hydrogen-bond donors (Lipinski definition) is 0. The minimum Gasteiger partial charge on any atom is -0.309 e. The number of rotatable bonds is 8. The van der Waals surface area contributed by atoms with Gasteiger partial charge in [-0.1, -0.05) is 182 Å². The van der Waals surface area contributed by atoms with Gasteiger partial charge in [0, 0.05) is 34.1 Å². The van der Waals surface area contributed by atoms with E-state index in [0.29, 0.717) is 10.6 Å². The molecule has 0 aromatic heterocycles. The van der Waals surface area contributed by atoms with Crippen LogP contribution < -0.4 is 61.2 Å². The highest BCUT2D eigenvalue weighted by atomic mass is 31.2. The molecule has 13 aromatic rings. The Kier molecular flexibility index (Phi) is 10.3. The standard InChI is InChI=1S/C78H50N6O2P2/c85-87-73-61-43-25-45-63(73)81(57-35-17-5-18-36-57)69-71-78-72(70(77(69)87)82(58-37-19-6-20-38-58)64-46-26-44-62(74(64)87)79(61)55-31-13-3-14-32-55)84(60-41-23-8-24-42-60)68-50-54(52-29-11-2-12-30-52)48-66-76(68)88(78,86)75-65(80(66)56-33-15-4-16-34-56)47-53(51-27-9-1-10-28-51)49-67(75)83(71)59-39-21-7-22-40-59/h1-50H. The summed E-state index contributed by atoms with van der Waals surface area (Å²) in [4.78, 5) is 14.2. The van der Waals surface area contributed by atoms with Crippen LogP contribution in [0.4, 0.5) is 102 Å². The van der Waals surface area contributed by atoms with Gasteiger partial charge in [0.15, 0.2) is 14.3 Å². The van der Waals surface area contributed by atoms with E-state index in [2.05, 4.69) is 327 Å². The lowest BCUT2D eigenvalue weighted by Gasteiger charge is -2.55. The molecule has 0 spiro atoms. The molecule has 6 aliphatic rings. The van der Waals surface area contributed by atoms with Crippen molar-refractivity contribution in [3.05, 3.63) is 303 Å². The Morgan fingerprint density at radius 2 is 0.386 bits per heavy atom. The van der Waals surface area contributed by atoms with Gasteiger partial charge >= 0.3 is 0 Å². The predicted molar refractivity (Wildman–Crippen MR) is 366 cm³/mol. The van der Waals surface area contributed by atoms with Crippen molar-refractivity contribution in [1.82, 2.24) is 0 Å². The second kappa shape index (κ2) is 18.3. The average Bonchev–Trinajstić information content (AvgIpc) is 0.639. The molecule has 6 heterocycles. The summed E-state index contributed by atoms with van der Waals surface area (Å²) in [6.07, 6.45) is 0. The Labute approximate surface area is 509 Å². The summed E-state index contributed by atoms with van der Waals surface area (Å²) in [5, 5.41) is 4.36. The SMILES string of the molecule is O=P12c3c4cccc3N(c3ccccc3)c3c5c6c(c(c31)N(c1ccccc1)c1cccc(c12)N4c1ccccc1)N(c1ccccc1)c1cc(-c2ccccc2)cc2c1P6(=O)c1c(cc(-c3ccccc3)cc1N5c1ccccc1)N2c1ccccc1. The Hall–Kier alpha value is -10.9. The Bertz CT molecular complexity index is 4900. The van der Waals surface area contributed by atoms with Crippen LogP contribution in [0.15, 0.2) is 303 Å². The van der Waals surface area contributed by atoms with Gasteiger partial charge in [-0.25, -0.2) is 0 Å². The first-order valence-electron chi connectivity index (χ1n) is 29.8. The Balaban J connectivity index is 1.10. The van der Waals surface area contributed by atoms with Crippen LogP contribution in [-0.2, 0) is 9.13 Å². The van der Waals surface area contributed by atoms with E-state index in [4.69, 9.17) is 0 Å². The summed E-state index contributed by atoms with van der Waals surface area (Å²) in [7, 11) is -8.32. The molecule has 10 heteroatoms. The first kappa shape index (κ1) is 49.4. The topological polar surface area (TPSA) is 53.6 Å². The monoisotopic (exact) mass is 1160 g/mol. The lowest BCUT2D eigenvalue weighted by molar-refractivity contribution is 0.590. The lowest BCUT2D eigenvalue weighted by atomic mass is 9.97. The smallest absolute Gasteiger partial charge is 0.183 e. The lowest BCUT2D eigenvalue weighted by Crippen LogP contribution is -2.53. The summed E-state index contributed by atoms with van der Waals surface area (Å²) < 4.78 is 38.8. The van der Waals surface area contributed by atoms with Crippen molar-refractivity contribution < 1.29 is 9.13 Å². The summed E-state index contributed by atoms with van der Waals surface area (Å²) in [5.74, 6) is 0. The molecule has 13 aromatic carbocycles. The number of hydrogen-bond acceptors (Lipinski definition) is 8. The molecule has 0 amide bonds. The molecule has 414 valence electrons. The van der Waals surface area contributed by atoms with Crippen molar-refractivity contribution >= 4 is 148 Å². The van der Waals surface area contributed by atoms with Gasteiger partial charge in [-0.2, -0.15) is 0 Å². The fourth-order valence-electron chi connectivity index (χ4n) is 15.2. The summed E-state index contributed by atoms with van der Waals surface area (Å²) in [6.45, 7) is 0. The van der Waals surface area contributed by atoms with Crippen molar-refractivity contribution in [2.45, 2.75) is 0 Å².